The van der Waals surface area contributed by atoms with Gasteiger partial charge in [-0.1, -0.05) is 0 Å². The number of benzene rings is 1. The maximum absolute atomic E-state index is 10.7. The van der Waals surface area contributed by atoms with Crippen molar-refractivity contribution >= 4 is 6.29 Å². The minimum atomic E-state index is 0.485. The summed E-state index contributed by atoms with van der Waals surface area (Å²) in [5.41, 5.74) is 0.491. The molecule has 0 saturated carbocycles. The van der Waals surface area contributed by atoms with Crippen LogP contribution in [0.25, 0.3) is 0 Å². The molecule has 0 radical (unpaired) electrons. The van der Waals surface area contributed by atoms with Crippen molar-refractivity contribution in [2.45, 2.75) is 0 Å². The lowest BCUT2D eigenvalue weighted by molar-refractivity contribution is 0.112. The molecule has 0 N–H and O–H groups in total. The zero-order valence-electron chi connectivity index (χ0n) is 9.69. The van der Waals surface area contributed by atoms with Crippen LogP contribution in [0.2, 0.25) is 0 Å². The molecule has 86 valence electrons. The Bertz CT molecular complexity index is 399. The number of ether oxygens (including phenoxy) is 2. The average Bonchev–Trinajstić information content (AvgIpc) is 2.28. The SMILES string of the molecule is C=C(Oc1ccc(C=O)c(OC)c1)N(C)C. The molecule has 4 heteroatoms. The first-order valence-electron chi connectivity index (χ1n) is 4.75. The largest absolute Gasteiger partial charge is 0.496 e. The van der Waals surface area contributed by atoms with E-state index in [1.807, 2.05) is 14.1 Å². The summed E-state index contributed by atoms with van der Waals surface area (Å²) in [6, 6.07) is 4.99. The standard InChI is InChI=1S/C12H15NO3/c1-9(13(2)3)16-11-6-5-10(8-14)12(7-11)15-4/h5-8H,1H2,2-4H3. The van der Waals surface area contributed by atoms with Gasteiger partial charge in [0.1, 0.15) is 11.5 Å². The summed E-state index contributed by atoms with van der Waals surface area (Å²) in [7, 11) is 5.17. The van der Waals surface area contributed by atoms with Gasteiger partial charge in [0.2, 0.25) is 0 Å². The van der Waals surface area contributed by atoms with Crippen LogP contribution in [0.3, 0.4) is 0 Å². The number of hydrogen-bond donors (Lipinski definition) is 0. The Morgan fingerprint density at radius 1 is 1.44 bits per heavy atom. The van der Waals surface area contributed by atoms with Crippen LogP contribution in [0, 0.1) is 0 Å². The number of methoxy groups -OCH3 is 1. The number of carbonyl (C=O) groups excluding carboxylic acids is 1. The minimum Gasteiger partial charge on any atom is -0.496 e. The summed E-state index contributed by atoms with van der Waals surface area (Å²) in [5.74, 6) is 1.58. The highest BCUT2D eigenvalue weighted by atomic mass is 16.5. The highest BCUT2D eigenvalue weighted by Crippen LogP contribution is 2.24. The molecule has 0 aromatic heterocycles. The molecule has 1 rings (SSSR count). The van der Waals surface area contributed by atoms with Gasteiger partial charge in [-0.3, -0.25) is 4.79 Å². The van der Waals surface area contributed by atoms with Crippen LogP contribution < -0.4 is 9.47 Å². The van der Waals surface area contributed by atoms with Crippen LogP contribution in [0.5, 0.6) is 11.5 Å². The van der Waals surface area contributed by atoms with E-state index in [1.165, 1.54) is 7.11 Å². The van der Waals surface area contributed by atoms with Crippen molar-refractivity contribution in [2.24, 2.45) is 0 Å². The molecule has 0 aliphatic carbocycles. The van der Waals surface area contributed by atoms with Crippen LogP contribution in [0.4, 0.5) is 0 Å². The predicted octanol–water partition coefficient (Wildman–Crippen LogP) is 1.92. The van der Waals surface area contributed by atoms with E-state index >= 15 is 0 Å². The molecule has 0 bridgehead atoms. The van der Waals surface area contributed by atoms with E-state index in [4.69, 9.17) is 9.47 Å². The molecule has 0 aliphatic heterocycles. The van der Waals surface area contributed by atoms with Crippen LogP contribution in [-0.4, -0.2) is 32.4 Å². The van der Waals surface area contributed by atoms with Gasteiger partial charge in [0.15, 0.2) is 12.2 Å². The Balaban J connectivity index is 2.91. The van der Waals surface area contributed by atoms with E-state index in [0.717, 1.165) is 6.29 Å². The van der Waals surface area contributed by atoms with Crippen LogP contribution in [-0.2, 0) is 0 Å². The van der Waals surface area contributed by atoms with Crippen molar-refractivity contribution in [3.05, 3.63) is 36.2 Å². The molecule has 0 fully saturated rings. The zero-order chi connectivity index (χ0) is 12.1. The van der Waals surface area contributed by atoms with E-state index < -0.39 is 0 Å². The molecular formula is C12H15NO3. The molecule has 1 aromatic carbocycles. The van der Waals surface area contributed by atoms with Crippen molar-refractivity contribution in [1.82, 2.24) is 4.90 Å². The first-order chi connectivity index (χ1) is 7.58. The molecule has 0 unspecified atom stereocenters. The monoisotopic (exact) mass is 221 g/mol. The van der Waals surface area contributed by atoms with Gasteiger partial charge >= 0.3 is 0 Å². The Hall–Kier alpha value is -1.97. The summed E-state index contributed by atoms with van der Waals surface area (Å²) in [5, 5.41) is 0. The second-order valence-electron chi connectivity index (χ2n) is 3.41. The van der Waals surface area contributed by atoms with Crippen LogP contribution in [0.1, 0.15) is 10.4 Å². The van der Waals surface area contributed by atoms with Gasteiger partial charge < -0.3 is 14.4 Å². The first-order valence-corrected chi connectivity index (χ1v) is 4.75. The molecular weight excluding hydrogens is 206 g/mol. The van der Waals surface area contributed by atoms with E-state index in [1.54, 1.807) is 23.1 Å². The average molecular weight is 221 g/mol. The maximum atomic E-state index is 10.7. The van der Waals surface area contributed by atoms with E-state index in [0.29, 0.717) is 22.9 Å². The van der Waals surface area contributed by atoms with Gasteiger partial charge in [0.05, 0.1) is 12.7 Å². The van der Waals surface area contributed by atoms with Crippen molar-refractivity contribution in [2.75, 3.05) is 21.2 Å². The molecule has 16 heavy (non-hydrogen) atoms. The lowest BCUT2D eigenvalue weighted by Gasteiger charge is -2.16. The first kappa shape index (κ1) is 12.1. The fourth-order valence-corrected chi connectivity index (χ4v) is 1.08. The molecule has 4 nitrogen and oxygen atoms in total. The summed E-state index contributed by atoms with van der Waals surface area (Å²) in [6.45, 7) is 3.74. The topological polar surface area (TPSA) is 38.8 Å². The lowest BCUT2D eigenvalue weighted by atomic mass is 10.2. The van der Waals surface area contributed by atoms with Crippen LogP contribution >= 0.6 is 0 Å². The smallest absolute Gasteiger partial charge is 0.188 e. The Labute approximate surface area is 95.1 Å². The molecule has 0 amide bonds. The molecule has 1 aromatic rings. The zero-order valence-corrected chi connectivity index (χ0v) is 9.69. The van der Waals surface area contributed by atoms with Crippen molar-refractivity contribution in [3.8, 4) is 11.5 Å². The van der Waals surface area contributed by atoms with Gasteiger partial charge in [0, 0.05) is 20.2 Å². The quantitative estimate of drug-likeness (QED) is 0.562. The fraction of sp³-hybridized carbons (Fsp3) is 0.250. The lowest BCUT2D eigenvalue weighted by Crippen LogP contribution is -2.14. The van der Waals surface area contributed by atoms with Crippen LogP contribution in [0.15, 0.2) is 30.7 Å². The Morgan fingerprint density at radius 2 is 2.12 bits per heavy atom. The molecule has 0 heterocycles. The van der Waals surface area contributed by atoms with Crippen molar-refractivity contribution < 1.29 is 14.3 Å². The number of aldehydes is 1. The van der Waals surface area contributed by atoms with Gasteiger partial charge in [-0.2, -0.15) is 0 Å². The van der Waals surface area contributed by atoms with Gasteiger partial charge in [-0.25, -0.2) is 0 Å². The highest BCUT2D eigenvalue weighted by molar-refractivity contribution is 5.79. The fourth-order valence-electron chi connectivity index (χ4n) is 1.08. The summed E-state index contributed by atoms with van der Waals surface area (Å²) >= 11 is 0. The minimum absolute atomic E-state index is 0.485. The third-order valence-corrected chi connectivity index (χ3v) is 2.07. The number of hydrogen-bond acceptors (Lipinski definition) is 4. The second kappa shape index (κ2) is 5.21. The second-order valence-corrected chi connectivity index (χ2v) is 3.41. The maximum Gasteiger partial charge on any atom is 0.188 e. The number of nitrogens with zero attached hydrogens (tertiary/aromatic N) is 1. The molecule has 0 aliphatic rings. The number of rotatable bonds is 5. The van der Waals surface area contributed by atoms with Gasteiger partial charge in [0.25, 0.3) is 0 Å². The molecule has 0 saturated heterocycles. The van der Waals surface area contributed by atoms with Gasteiger partial charge in [-0.05, 0) is 18.7 Å². The van der Waals surface area contributed by atoms with Crippen molar-refractivity contribution in [1.29, 1.82) is 0 Å². The third kappa shape index (κ3) is 2.76. The Kier molecular flexibility index (Phi) is 3.94. The summed E-state index contributed by atoms with van der Waals surface area (Å²) < 4.78 is 10.5. The van der Waals surface area contributed by atoms with E-state index in [9.17, 15) is 4.79 Å². The predicted molar refractivity (Wildman–Crippen MR) is 61.8 cm³/mol. The normalized spacial score (nSPS) is 9.44. The van der Waals surface area contributed by atoms with Crippen molar-refractivity contribution in [3.63, 3.8) is 0 Å². The third-order valence-electron chi connectivity index (χ3n) is 2.07. The van der Waals surface area contributed by atoms with E-state index in [-0.39, 0.29) is 0 Å². The highest BCUT2D eigenvalue weighted by Gasteiger charge is 2.06. The van der Waals surface area contributed by atoms with Gasteiger partial charge in [-0.15, -0.1) is 0 Å². The molecule has 0 atom stereocenters. The number of carbonyl (C=O) groups is 1. The van der Waals surface area contributed by atoms with E-state index in [2.05, 4.69) is 6.58 Å². The summed E-state index contributed by atoms with van der Waals surface area (Å²) in [6.07, 6.45) is 0.739. The summed E-state index contributed by atoms with van der Waals surface area (Å²) in [4.78, 5) is 12.4. The molecule has 0 spiro atoms. The Morgan fingerprint density at radius 3 is 2.62 bits per heavy atom.